The van der Waals surface area contributed by atoms with E-state index in [9.17, 15) is 8.42 Å². The second kappa shape index (κ2) is 6.96. The highest BCUT2D eigenvalue weighted by molar-refractivity contribution is 7.92. The van der Waals surface area contributed by atoms with Gasteiger partial charge in [0.1, 0.15) is 0 Å². The maximum atomic E-state index is 12.4. The molecule has 0 saturated carbocycles. The van der Waals surface area contributed by atoms with Crippen LogP contribution in [0, 0.1) is 6.92 Å². The van der Waals surface area contributed by atoms with Gasteiger partial charge in [0.2, 0.25) is 0 Å². The van der Waals surface area contributed by atoms with Gasteiger partial charge in [0.05, 0.1) is 16.3 Å². The van der Waals surface area contributed by atoms with Crippen LogP contribution in [0.25, 0.3) is 0 Å². The van der Waals surface area contributed by atoms with Crippen LogP contribution in [0.2, 0.25) is 0 Å². The molecule has 0 unspecified atom stereocenters. The Morgan fingerprint density at radius 3 is 2.41 bits per heavy atom. The largest absolute Gasteiger partial charge is 0.276 e. The minimum atomic E-state index is -3.57. The number of benzene rings is 1. The summed E-state index contributed by atoms with van der Waals surface area (Å²) in [5, 5.41) is 4.24. The van der Waals surface area contributed by atoms with Gasteiger partial charge in [-0.2, -0.15) is 5.10 Å². The van der Waals surface area contributed by atoms with Crippen LogP contribution in [-0.2, 0) is 23.0 Å². The molecule has 6 heteroatoms. The Balaban J connectivity index is 2.17. The Bertz CT molecular complexity index is 718. The lowest BCUT2D eigenvalue weighted by atomic mass is 10.1. The topological polar surface area (TPSA) is 64.0 Å². The van der Waals surface area contributed by atoms with E-state index in [0.717, 1.165) is 24.8 Å². The van der Waals surface area contributed by atoms with Crippen LogP contribution in [0.15, 0.2) is 35.4 Å². The van der Waals surface area contributed by atoms with Gasteiger partial charge in [-0.1, -0.05) is 25.5 Å². The molecule has 2 aromatic rings. The van der Waals surface area contributed by atoms with Crippen molar-refractivity contribution in [2.45, 2.75) is 51.5 Å². The first-order valence-electron chi connectivity index (χ1n) is 7.62. The number of hydrogen-bond acceptors (Lipinski definition) is 3. The van der Waals surface area contributed by atoms with E-state index in [0.29, 0.717) is 17.9 Å². The Hall–Kier alpha value is -1.82. The van der Waals surface area contributed by atoms with Gasteiger partial charge < -0.3 is 0 Å². The van der Waals surface area contributed by atoms with Crippen molar-refractivity contribution in [2.75, 3.05) is 4.72 Å². The second-order valence-electron chi connectivity index (χ2n) is 5.34. The molecular formula is C16H23N3O2S. The lowest BCUT2D eigenvalue weighted by Crippen LogP contribution is -2.13. The molecule has 0 aliphatic carbocycles. The summed E-state index contributed by atoms with van der Waals surface area (Å²) in [6.45, 7) is 6.59. The summed E-state index contributed by atoms with van der Waals surface area (Å²) in [4.78, 5) is 0.274. The van der Waals surface area contributed by atoms with Crippen LogP contribution in [-0.4, -0.2) is 18.2 Å². The number of nitrogens with zero attached hydrogens (tertiary/aromatic N) is 2. The number of nitrogens with one attached hydrogen (secondary N) is 1. The monoisotopic (exact) mass is 321 g/mol. The molecule has 0 fully saturated rings. The zero-order chi connectivity index (χ0) is 16.2. The lowest BCUT2D eigenvalue weighted by molar-refractivity contribution is 0.601. The first kappa shape index (κ1) is 16.5. The molecule has 0 atom stereocenters. The molecule has 0 aliphatic heterocycles. The van der Waals surface area contributed by atoms with Crippen LogP contribution >= 0.6 is 0 Å². The van der Waals surface area contributed by atoms with E-state index >= 15 is 0 Å². The van der Waals surface area contributed by atoms with Crippen molar-refractivity contribution in [1.82, 2.24) is 9.78 Å². The van der Waals surface area contributed by atoms with Crippen LogP contribution in [0.3, 0.4) is 0 Å². The number of sulfonamides is 1. The van der Waals surface area contributed by atoms with Crippen molar-refractivity contribution in [3.8, 4) is 0 Å². The summed E-state index contributed by atoms with van der Waals surface area (Å²) in [6.07, 6.45) is 4.93. The van der Waals surface area contributed by atoms with Gasteiger partial charge in [-0.15, -0.1) is 0 Å². The third-order valence-corrected chi connectivity index (χ3v) is 4.95. The van der Waals surface area contributed by atoms with Crippen LogP contribution in [0.1, 0.15) is 37.9 Å². The highest BCUT2D eigenvalue weighted by Crippen LogP contribution is 2.19. The van der Waals surface area contributed by atoms with E-state index in [1.165, 1.54) is 0 Å². The highest BCUT2D eigenvalue weighted by atomic mass is 32.2. The number of aromatic nitrogens is 2. The van der Waals surface area contributed by atoms with Crippen LogP contribution in [0.5, 0.6) is 0 Å². The molecule has 0 amide bonds. The molecule has 2 rings (SSSR count). The van der Waals surface area contributed by atoms with Gasteiger partial charge >= 0.3 is 0 Å². The number of rotatable bonds is 7. The molecule has 0 spiro atoms. The van der Waals surface area contributed by atoms with E-state index in [2.05, 4.69) is 16.7 Å². The Kier molecular flexibility index (Phi) is 5.24. The number of anilines is 1. The molecule has 1 N–H and O–H groups in total. The minimum Gasteiger partial charge on any atom is -0.276 e. The zero-order valence-corrected chi connectivity index (χ0v) is 14.2. The molecular weight excluding hydrogens is 298 g/mol. The fourth-order valence-electron chi connectivity index (χ4n) is 2.20. The first-order chi connectivity index (χ1) is 10.5. The van der Waals surface area contributed by atoms with Crippen LogP contribution in [0.4, 0.5) is 5.69 Å². The third kappa shape index (κ3) is 3.88. The van der Waals surface area contributed by atoms with Crippen LogP contribution < -0.4 is 4.72 Å². The molecule has 1 aromatic carbocycles. The number of unbranched alkanes of at least 4 members (excludes halogenated alkanes) is 1. The average molecular weight is 321 g/mol. The van der Waals surface area contributed by atoms with Crippen molar-refractivity contribution in [3.05, 3.63) is 41.7 Å². The van der Waals surface area contributed by atoms with Crippen molar-refractivity contribution in [2.24, 2.45) is 0 Å². The molecule has 0 radical (unpaired) electrons. The Morgan fingerprint density at radius 1 is 1.18 bits per heavy atom. The Morgan fingerprint density at radius 2 is 1.86 bits per heavy atom. The standard InChI is InChI=1S/C16H23N3O2S/c1-4-6-7-14-8-10-15(11-9-14)22(20,21)18-16-12-19(5-2)17-13(16)3/h8-12,18H,4-7H2,1-3H3. The summed E-state index contributed by atoms with van der Waals surface area (Å²) >= 11 is 0. The molecule has 1 heterocycles. The van der Waals surface area contributed by atoms with Crippen molar-refractivity contribution in [1.29, 1.82) is 0 Å². The van der Waals surface area contributed by atoms with Gasteiger partial charge in [0, 0.05) is 12.7 Å². The van der Waals surface area contributed by atoms with E-state index in [4.69, 9.17) is 0 Å². The fourth-order valence-corrected chi connectivity index (χ4v) is 3.30. The predicted molar refractivity (Wildman–Crippen MR) is 88.5 cm³/mol. The van der Waals surface area contributed by atoms with E-state index in [1.807, 2.05) is 19.1 Å². The van der Waals surface area contributed by atoms with Crippen molar-refractivity contribution < 1.29 is 8.42 Å². The lowest BCUT2D eigenvalue weighted by Gasteiger charge is -2.08. The molecule has 5 nitrogen and oxygen atoms in total. The second-order valence-corrected chi connectivity index (χ2v) is 7.02. The molecule has 22 heavy (non-hydrogen) atoms. The summed E-state index contributed by atoms with van der Waals surface area (Å²) < 4.78 is 29.2. The Labute approximate surface area is 132 Å². The third-order valence-electron chi connectivity index (χ3n) is 3.57. The fraction of sp³-hybridized carbons (Fsp3) is 0.438. The maximum absolute atomic E-state index is 12.4. The number of aryl methyl sites for hydroxylation is 3. The maximum Gasteiger partial charge on any atom is 0.262 e. The van der Waals surface area contributed by atoms with Gasteiger partial charge in [-0.05, 0) is 44.4 Å². The summed E-state index contributed by atoms with van der Waals surface area (Å²) in [5.41, 5.74) is 2.36. The number of hydrogen-bond donors (Lipinski definition) is 1. The van der Waals surface area contributed by atoms with E-state index in [1.54, 1.807) is 29.9 Å². The van der Waals surface area contributed by atoms with Crippen molar-refractivity contribution >= 4 is 15.7 Å². The first-order valence-corrected chi connectivity index (χ1v) is 9.10. The molecule has 0 bridgehead atoms. The zero-order valence-electron chi connectivity index (χ0n) is 13.3. The molecule has 0 aliphatic rings. The minimum absolute atomic E-state index is 0.274. The normalized spacial score (nSPS) is 11.6. The summed E-state index contributed by atoms with van der Waals surface area (Å²) in [5.74, 6) is 0. The summed E-state index contributed by atoms with van der Waals surface area (Å²) in [6, 6.07) is 7.08. The van der Waals surface area contributed by atoms with Gasteiger partial charge in [-0.3, -0.25) is 9.40 Å². The van der Waals surface area contributed by atoms with E-state index < -0.39 is 10.0 Å². The van der Waals surface area contributed by atoms with Crippen molar-refractivity contribution in [3.63, 3.8) is 0 Å². The molecule has 1 aromatic heterocycles. The highest BCUT2D eigenvalue weighted by Gasteiger charge is 2.16. The SMILES string of the molecule is CCCCc1ccc(S(=O)(=O)Nc2cn(CC)nc2C)cc1. The van der Waals surface area contributed by atoms with Gasteiger partial charge in [0.25, 0.3) is 10.0 Å². The molecule has 0 saturated heterocycles. The smallest absolute Gasteiger partial charge is 0.262 e. The summed E-state index contributed by atoms with van der Waals surface area (Å²) in [7, 11) is -3.57. The predicted octanol–water partition coefficient (Wildman–Crippen LogP) is 3.35. The quantitative estimate of drug-likeness (QED) is 0.850. The average Bonchev–Trinajstić information content (AvgIpc) is 2.85. The van der Waals surface area contributed by atoms with Gasteiger partial charge in [-0.25, -0.2) is 8.42 Å². The van der Waals surface area contributed by atoms with E-state index in [-0.39, 0.29) is 4.90 Å². The van der Waals surface area contributed by atoms with Gasteiger partial charge in [0.15, 0.2) is 0 Å². The molecule has 120 valence electrons.